The first-order chi connectivity index (χ1) is 12.3. The van der Waals surface area contributed by atoms with Crippen LogP contribution in [0.25, 0.3) is 0 Å². The third-order valence-corrected chi connectivity index (χ3v) is 4.88. The van der Waals surface area contributed by atoms with Crippen molar-refractivity contribution in [2.24, 2.45) is 0 Å². The van der Waals surface area contributed by atoms with E-state index < -0.39 is 68.0 Å². The highest BCUT2D eigenvalue weighted by Crippen LogP contribution is 2.29. The third kappa shape index (κ3) is 4.82. The standard InChI is InChI=1S/C14H26O10S2/c15-3-5-12(9(18)11(20)13(22-5)21-1-2-25)24-14-10(19)8(17)7(16)6(4-26)23-14/h5-20,25-26H,1-4H2/t5?,6?,7-,8?,9?,10+,11+,12-,13-,14+/m1/s1. The lowest BCUT2D eigenvalue weighted by Crippen LogP contribution is -2.64. The van der Waals surface area contributed by atoms with Gasteiger partial charge in [0.2, 0.25) is 0 Å². The normalized spacial score (nSPS) is 47.1. The van der Waals surface area contributed by atoms with E-state index in [0.29, 0.717) is 5.75 Å². The maximum atomic E-state index is 10.3. The van der Waals surface area contributed by atoms with Crippen LogP contribution in [0.15, 0.2) is 0 Å². The molecule has 0 aromatic carbocycles. The van der Waals surface area contributed by atoms with Crippen LogP contribution >= 0.6 is 25.3 Å². The topological polar surface area (TPSA) is 158 Å². The van der Waals surface area contributed by atoms with Gasteiger partial charge in [-0.3, -0.25) is 0 Å². The summed E-state index contributed by atoms with van der Waals surface area (Å²) in [7, 11) is 0. The molecule has 0 saturated carbocycles. The Labute approximate surface area is 161 Å². The lowest BCUT2D eigenvalue weighted by molar-refractivity contribution is -0.355. The summed E-state index contributed by atoms with van der Waals surface area (Å²) in [4.78, 5) is 0. The van der Waals surface area contributed by atoms with Crippen LogP contribution in [0.1, 0.15) is 0 Å². The summed E-state index contributed by atoms with van der Waals surface area (Å²) in [5, 5.41) is 59.8. The Hall–Kier alpha value is 0.300. The molecule has 26 heavy (non-hydrogen) atoms. The van der Waals surface area contributed by atoms with Crippen LogP contribution in [0.5, 0.6) is 0 Å². The molecule has 10 nitrogen and oxygen atoms in total. The van der Waals surface area contributed by atoms with Crippen LogP contribution in [0, 0.1) is 0 Å². The Balaban J connectivity index is 2.09. The van der Waals surface area contributed by atoms with Crippen molar-refractivity contribution in [2.75, 3.05) is 24.7 Å². The van der Waals surface area contributed by atoms with Crippen LogP contribution in [0.2, 0.25) is 0 Å². The molecular formula is C14H26O10S2. The summed E-state index contributed by atoms with van der Waals surface area (Å²) < 4.78 is 21.5. The van der Waals surface area contributed by atoms with E-state index in [0.717, 1.165) is 0 Å². The van der Waals surface area contributed by atoms with E-state index >= 15 is 0 Å². The second kappa shape index (κ2) is 10.2. The molecule has 0 aromatic heterocycles. The summed E-state index contributed by atoms with van der Waals surface area (Å²) >= 11 is 7.97. The van der Waals surface area contributed by atoms with E-state index in [4.69, 9.17) is 18.9 Å². The largest absolute Gasteiger partial charge is 0.394 e. The van der Waals surface area contributed by atoms with E-state index in [9.17, 15) is 30.6 Å². The average Bonchev–Trinajstić information content (AvgIpc) is 2.64. The molecule has 0 radical (unpaired) electrons. The SMILES string of the molecule is OCC1O[C@@H](OCCS)[C@@H](O)C(O)[C@@H]1O[C@@H]1OC(CS)[C@@H](O)C(O)[C@@H]1O. The van der Waals surface area contributed by atoms with E-state index in [1.165, 1.54) is 0 Å². The van der Waals surface area contributed by atoms with Crippen molar-refractivity contribution in [3.05, 3.63) is 0 Å². The zero-order valence-corrected chi connectivity index (χ0v) is 15.6. The molecule has 10 atom stereocenters. The lowest BCUT2D eigenvalue weighted by Gasteiger charge is -2.46. The van der Waals surface area contributed by atoms with E-state index in [-0.39, 0.29) is 12.4 Å². The number of ether oxygens (including phenoxy) is 4. The lowest BCUT2D eigenvalue weighted by atomic mass is 9.97. The second-order valence-corrected chi connectivity index (χ2v) is 6.91. The zero-order valence-electron chi connectivity index (χ0n) is 13.8. The van der Waals surface area contributed by atoms with E-state index in [1.807, 2.05) is 0 Å². The number of rotatable bonds is 7. The Kier molecular flexibility index (Phi) is 8.85. The van der Waals surface area contributed by atoms with Gasteiger partial charge in [0.15, 0.2) is 12.6 Å². The molecule has 2 saturated heterocycles. The minimum atomic E-state index is -1.62. The molecule has 0 spiro atoms. The number of aliphatic hydroxyl groups excluding tert-OH is 6. The molecule has 2 fully saturated rings. The molecule has 0 aliphatic carbocycles. The molecule has 2 rings (SSSR count). The predicted octanol–water partition coefficient (Wildman–Crippen LogP) is -3.51. The molecule has 2 aliphatic heterocycles. The van der Waals surface area contributed by atoms with Crippen molar-refractivity contribution in [2.45, 2.75) is 61.4 Å². The van der Waals surface area contributed by atoms with Gasteiger partial charge in [-0.15, -0.1) is 0 Å². The van der Waals surface area contributed by atoms with Crippen molar-refractivity contribution >= 4 is 25.3 Å². The van der Waals surface area contributed by atoms with Gasteiger partial charge in [0.05, 0.1) is 19.3 Å². The number of hydrogen-bond acceptors (Lipinski definition) is 12. The van der Waals surface area contributed by atoms with Crippen molar-refractivity contribution in [1.82, 2.24) is 0 Å². The molecule has 0 amide bonds. The molecular weight excluding hydrogens is 392 g/mol. The first kappa shape index (κ1) is 22.6. The quantitative estimate of drug-likeness (QED) is 0.195. The van der Waals surface area contributed by atoms with Crippen LogP contribution < -0.4 is 0 Å². The van der Waals surface area contributed by atoms with Gasteiger partial charge in [0.1, 0.15) is 42.7 Å². The number of hydrogen-bond donors (Lipinski definition) is 8. The van der Waals surface area contributed by atoms with Crippen LogP contribution in [-0.4, -0.2) is 117 Å². The minimum absolute atomic E-state index is 0.0419. The van der Waals surface area contributed by atoms with Gasteiger partial charge < -0.3 is 49.6 Å². The molecule has 0 aromatic rings. The third-order valence-electron chi connectivity index (χ3n) is 4.33. The highest BCUT2D eigenvalue weighted by molar-refractivity contribution is 7.80. The molecule has 2 heterocycles. The number of aliphatic hydroxyl groups is 6. The highest BCUT2D eigenvalue weighted by Gasteiger charge is 2.50. The van der Waals surface area contributed by atoms with Crippen LogP contribution in [0.3, 0.4) is 0 Å². The van der Waals surface area contributed by atoms with Gasteiger partial charge in [-0.25, -0.2) is 0 Å². The molecule has 12 heteroatoms. The fraction of sp³-hybridized carbons (Fsp3) is 1.00. The van der Waals surface area contributed by atoms with Crippen molar-refractivity contribution in [3.8, 4) is 0 Å². The minimum Gasteiger partial charge on any atom is -0.394 e. The van der Waals surface area contributed by atoms with Gasteiger partial charge in [-0.2, -0.15) is 25.3 Å². The van der Waals surface area contributed by atoms with Gasteiger partial charge in [0.25, 0.3) is 0 Å². The summed E-state index contributed by atoms with van der Waals surface area (Å²) in [6.07, 6.45) is -13.5. The highest BCUT2D eigenvalue weighted by atomic mass is 32.1. The number of thiol groups is 2. The van der Waals surface area contributed by atoms with Crippen molar-refractivity contribution in [3.63, 3.8) is 0 Å². The predicted molar refractivity (Wildman–Crippen MR) is 93.0 cm³/mol. The molecule has 154 valence electrons. The summed E-state index contributed by atoms with van der Waals surface area (Å²) in [5.41, 5.74) is 0. The fourth-order valence-corrected chi connectivity index (χ4v) is 3.27. The Morgan fingerprint density at radius 1 is 0.769 bits per heavy atom. The molecule has 6 N–H and O–H groups in total. The van der Waals surface area contributed by atoms with E-state index in [1.54, 1.807) is 0 Å². The first-order valence-corrected chi connectivity index (χ1v) is 9.43. The average molecular weight is 418 g/mol. The Bertz CT molecular complexity index is 429. The zero-order chi connectivity index (χ0) is 19.4. The van der Waals surface area contributed by atoms with Gasteiger partial charge >= 0.3 is 0 Å². The van der Waals surface area contributed by atoms with Gasteiger partial charge in [-0.05, 0) is 0 Å². The van der Waals surface area contributed by atoms with Gasteiger partial charge in [-0.1, -0.05) is 0 Å². The molecule has 4 unspecified atom stereocenters. The summed E-state index contributed by atoms with van der Waals surface area (Å²) in [6.45, 7) is -0.418. The van der Waals surface area contributed by atoms with Crippen molar-refractivity contribution in [1.29, 1.82) is 0 Å². The van der Waals surface area contributed by atoms with Crippen LogP contribution in [-0.2, 0) is 18.9 Å². The van der Waals surface area contributed by atoms with E-state index in [2.05, 4.69) is 25.3 Å². The molecule has 2 aliphatic rings. The van der Waals surface area contributed by atoms with Gasteiger partial charge in [0, 0.05) is 11.5 Å². The van der Waals surface area contributed by atoms with Crippen molar-refractivity contribution < 1.29 is 49.6 Å². The first-order valence-electron chi connectivity index (χ1n) is 8.16. The maximum Gasteiger partial charge on any atom is 0.187 e. The maximum absolute atomic E-state index is 10.3. The molecule has 0 bridgehead atoms. The smallest absolute Gasteiger partial charge is 0.187 e. The Morgan fingerprint density at radius 2 is 1.38 bits per heavy atom. The Morgan fingerprint density at radius 3 is 1.96 bits per heavy atom. The second-order valence-electron chi connectivity index (χ2n) is 6.10. The monoisotopic (exact) mass is 418 g/mol. The summed E-state index contributed by atoms with van der Waals surface area (Å²) in [5.74, 6) is 0.403. The summed E-state index contributed by atoms with van der Waals surface area (Å²) in [6, 6.07) is 0. The van der Waals surface area contributed by atoms with Crippen LogP contribution in [0.4, 0.5) is 0 Å². The fourth-order valence-electron chi connectivity index (χ4n) is 2.86.